The third-order valence-electron chi connectivity index (χ3n) is 3.38. The molecule has 5 nitrogen and oxygen atoms in total. The SMILES string of the molecule is COc1c[nH]c(C(=O)Nc2cccc3ccccc23)cc1=O. The zero-order valence-corrected chi connectivity index (χ0v) is 11.9. The lowest BCUT2D eigenvalue weighted by Gasteiger charge is -2.09. The maximum atomic E-state index is 12.3. The molecule has 0 unspecified atom stereocenters. The highest BCUT2D eigenvalue weighted by Gasteiger charge is 2.11. The van der Waals surface area contributed by atoms with E-state index in [0.29, 0.717) is 5.69 Å². The second-order valence-corrected chi connectivity index (χ2v) is 4.76. The summed E-state index contributed by atoms with van der Waals surface area (Å²) >= 11 is 0. The Hall–Kier alpha value is -3.08. The van der Waals surface area contributed by atoms with Gasteiger partial charge in [-0.2, -0.15) is 0 Å². The van der Waals surface area contributed by atoms with Crippen molar-refractivity contribution < 1.29 is 9.53 Å². The van der Waals surface area contributed by atoms with Gasteiger partial charge in [0.05, 0.1) is 7.11 Å². The highest BCUT2D eigenvalue weighted by molar-refractivity contribution is 6.08. The molecule has 0 aliphatic carbocycles. The van der Waals surface area contributed by atoms with Gasteiger partial charge in [0.2, 0.25) is 5.43 Å². The summed E-state index contributed by atoms with van der Waals surface area (Å²) in [5, 5.41) is 4.79. The van der Waals surface area contributed by atoms with E-state index in [1.54, 1.807) is 0 Å². The number of aromatic amines is 1. The van der Waals surface area contributed by atoms with Crippen LogP contribution in [0.5, 0.6) is 5.75 Å². The lowest BCUT2D eigenvalue weighted by molar-refractivity contribution is 0.102. The van der Waals surface area contributed by atoms with Crippen LogP contribution < -0.4 is 15.5 Å². The van der Waals surface area contributed by atoms with Crippen molar-refractivity contribution in [3.63, 3.8) is 0 Å². The zero-order valence-electron chi connectivity index (χ0n) is 11.9. The van der Waals surface area contributed by atoms with E-state index in [1.165, 1.54) is 19.4 Å². The number of hydrogen-bond donors (Lipinski definition) is 2. The number of rotatable bonds is 3. The molecule has 0 spiro atoms. The predicted molar refractivity (Wildman–Crippen MR) is 85.5 cm³/mol. The smallest absolute Gasteiger partial charge is 0.272 e. The lowest BCUT2D eigenvalue weighted by Crippen LogP contribution is -2.17. The normalized spacial score (nSPS) is 10.4. The number of hydrogen-bond acceptors (Lipinski definition) is 3. The van der Waals surface area contributed by atoms with Gasteiger partial charge in [-0.1, -0.05) is 36.4 Å². The summed E-state index contributed by atoms with van der Waals surface area (Å²) < 4.78 is 4.88. The van der Waals surface area contributed by atoms with Crippen LogP contribution in [0.2, 0.25) is 0 Å². The van der Waals surface area contributed by atoms with Crippen LogP contribution >= 0.6 is 0 Å². The number of amides is 1. The van der Waals surface area contributed by atoms with Crippen molar-refractivity contribution in [3.8, 4) is 5.75 Å². The fraction of sp³-hybridized carbons (Fsp3) is 0.0588. The van der Waals surface area contributed by atoms with E-state index < -0.39 is 0 Å². The molecule has 3 rings (SSSR count). The van der Waals surface area contributed by atoms with E-state index in [0.717, 1.165) is 10.8 Å². The fourth-order valence-electron chi connectivity index (χ4n) is 2.27. The van der Waals surface area contributed by atoms with E-state index in [4.69, 9.17) is 4.74 Å². The summed E-state index contributed by atoms with van der Waals surface area (Å²) in [7, 11) is 1.40. The third kappa shape index (κ3) is 2.56. The number of fused-ring (bicyclic) bond motifs is 1. The molecule has 1 aromatic heterocycles. The molecule has 110 valence electrons. The molecule has 0 radical (unpaired) electrons. The Labute approximate surface area is 126 Å². The molecule has 0 bridgehead atoms. The minimum atomic E-state index is -0.379. The van der Waals surface area contributed by atoms with Gasteiger partial charge < -0.3 is 15.0 Å². The van der Waals surface area contributed by atoms with Crippen LogP contribution in [0.3, 0.4) is 0 Å². The maximum Gasteiger partial charge on any atom is 0.272 e. The van der Waals surface area contributed by atoms with Crippen molar-refractivity contribution in [3.05, 3.63) is 70.6 Å². The van der Waals surface area contributed by atoms with Gasteiger partial charge in [-0.25, -0.2) is 0 Å². The molecule has 0 fully saturated rings. The number of anilines is 1. The van der Waals surface area contributed by atoms with Gasteiger partial charge in [0.1, 0.15) is 5.69 Å². The Bertz CT molecular complexity index is 894. The number of ether oxygens (including phenoxy) is 1. The minimum absolute atomic E-state index is 0.168. The first kappa shape index (κ1) is 13.9. The zero-order chi connectivity index (χ0) is 15.5. The summed E-state index contributed by atoms with van der Waals surface area (Å²) in [4.78, 5) is 26.8. The Morgan fingerprint density at radius 3 is 2.68 bits per heavy atom. The number of aromatic nitrogens is 1. The number of carbonyl (C=O) groups excluding carboxylic acids is 1. The van der Waals surface area contributed by atoms with Crippen molar-refractivity contribution in [2.24, 2.45) is 0 Å². The summed E-state index contributed by atoms with van der Waals surface area (Å²) in [6, 6.07) is 14.6. The Balaban J connectivity index is 1.93. The first-order valence-corrected chi connectivity index (χ1v) is 6.75. The summed E-state index contributed by atoms with van der Waals surface area (Å²) in [5.74, 6) is -0.210. The molecule has 0 aliphatic heterocycles. The molecule has 3 aromatic rings. The predicted octanol–water partition coefficient (Wildman–Crippen LogP) is 2.79. The number of benzene rings is 2. The molecule has 0 aliphatic rings. The molecular weight excluding hydrogens is 280 g/mol. The van der Waals surface area contributed by atoms with Gasteiger partial charge in [-0.15, -0.1) is 0 Å². The molecule has 0 atom stereocenters. The Morgan fingerprint density at radius 1 is 1.14 bits per heavy atom. The number of H-pyrrole nitrogens is 1. The molecule has 0 saturated heterocycles. The van der Waals surface area contributed by atoms with E-state index in [1.807, 2.05) is 42.5 Å². The van der Waals surface area contributed by atoms with Gasteiger partial charge in [0, 0.05) is 23.3 Å². The molecule has 0 saturated carbocycles. The third-order valence-corrected chi connectivity index (χ3v) is 3.38. The van der Waals surface area contributed by atoms with E-state index in [2.05, 4.69) is 10.3 Å². The molecular formula is C17H14N2O3. The number of methoxy groups -OCH3 is 1. The Kier molecular flexibility index (Phi) is 3.62. The number of carbonyl (C=O) groups is 1. The molecule has 1 amide bonds. The minimum Gasteiger partial charge on any atom is -0.491 e. The average molecular weight is 294 g/mol. The standard InChI is InChI=1S/C17H14N2O3/c1-22-16-10-18-14(9-15(16)20)17(21)19-13-8-4-6-11-5-2-3-7-12(11)13/h2-10H,1H3,(H,18,20)(H,19,21). The van der Waals surface area contributed by atoms with Crippen LogP contribution in [-0.4, -0.2) is 18.0 Å². The maximum absolute atomic E-state index is 12.3. The van der Waals surface area contributed by atoms with Gasteiger partial charge in [-0.3, -0.25) is 9.59 Å². The quantitative estimate of drug-likeness (QED) is 0.780. The fourth-order valence-corrected chi connectivity index (χ4v) is 2.27. The first-order valence-electron chi connectivity index (χ1n) is 6.75. The monoisotopic (exact) mass is 294 g/mol. The van der Waals surface area contributed by atoms with Crippen molar-refractivity contribution in [2.75, 3.05) is 12.4 Å². The summed E-state index contributed by atoms with van der Waals surface area (Å²) in [6.07, 6.45) is 1.38. The van der Waals surface area contributed by atoms with Crippen LogP contribution in [0, 0.1) is 0 Å². The lowest BCUT2D eigenvalue weighted by atomic mass is 10.1. The van der Waals surface area contributed by atoms with Crippen molar-refractivity contribution >= 4 is 22.4 Å². The van der Waals surface area contributed by atoms with Crippen LogP contribution in [0.15, 0.2) is 59.5 Å². The highest BCUT2D eigenvalue weighted by atomic mass is 16.5. The summed E-state index contributed by atoms with van der Waals surface area (Å²) in [5.41, 5.74) is 0.530. The second kappa shape index (κ2) is 5.73. The molecule has 2 N–H and O–H groups in total. The number of nitrogens with one attached hydrogen (secondary N) is 2. The molecule has 5 heteroatoms. The van der Waals surface area contributed by atoms with E-state index in [-0.39, 0.29) is 22.8 Å². The van der Waals surface area contributed by atoms with Gasteiger partial charge >= 0.3 is 0 Å². The summed E-state index contributed by atoms with van der Waals surface area (Å²) in [6.45, 7) is 0. The Morgan fingerprint density at radius 2 is 1.91 bits per heavy atom. The molecule has 1 heterocycles. The van der Waals surface area contributed by atoms with Crippen LogP contribution in [-0.2, 0) is 0 Å². The van der Waals surface area contributed by atoms with Crippen molar-refractivity contribution in [1.29, 1.82) is 0 Å². The van der Waals surface area contributed by atoms with Gasteiger partial charge in [-0.05, 0) is 11.5 Å². The van der Waals surface area contributed by atoms with Crippen LogP contribution in [0.1, 0.15) is 10.5 Å². The first-order chi connectivity index (χ1) is 10.7. The topological polar surface area (TPSA) is 71.2 Å². The second-order valence-electron chi connectivity index (χ2n) is 4.76. The van der Waals surface area contributed by atoms with E-state index in [9.17, 15) is 9.59 Å². The van der Waals surface area contributed by atoms with Crippen LogP contribution in [0.4, 0.5) is 5.69 Å². The van der Waals surface area contributed by atoms with E-state index >= 15 is 0 Å². The largest absolute Gasteiger partial charge is 0.491 e. The molecule has 2 aromatic carbocycles. The van der Waals surface area contributed by atoms with Crippen molar-refractivity contribution in [2.45, 2.75) is 0 Å². The highest BCUT2D eigenvalue weighted by Crippen LogP contribution is 2.23. The molecule has 22 heavy (non-hydrogen) atoms. The van der Waals surface area contributed by atoms with Gasteiger partial charge in [0.15, 0.2) is 5.75 Å². The van der Waals surface area contributed by atoms with Crippen LogP contribution in [0.25, 0.3) is 10.8 Å². The van der Waals surface area contributed by atoms with Crippen molar-refractivity contribution in [1.82, 2.24) is 4.98 Å². The number of pyridine rings is 1. The average Bonchev–Trinajstić information content (AvgIpc) is 2.55. The van der Waals surface area contributed by atoms with Gasteiger partial charge in [0.25, 0.3) is 5.91 Å².